The van der Waals surface area contributed by atoms with Gasteiger partial charge in [-0.3, -0.25) is 0 Å². The number of hydrogen-bond acceptors (Lipinski definition) is 2. The van der Waals surface area contributed by atoms with Crippen LogP contribution in [0.4, 0.5) is 0 Å². The Bertz CT molecular complexity index is 193. The number of fused-ring (bicyclic) bond motifs is 2. The van der Waals surface area contributed by atoms with Gasteiger partial charge in [0.25, 0.3) is 0 Å². The van der Waals surface area contributed by atoms with E-state index in [4.69, 9.17) is 9.47 Å². The molecule has 2 nitrogen and oxygen atoms in total. The van der Waals surface area contributed by atoms with E-state index in [-0.39, 0.29) is 5.60 Å². The van der Waals surface area contributed by atoms with Crippen molar-refractivity contribution in [2.45, 2.75) is 70.2 Å². The van der Waals surface area contributed by atoms with Crippen molar-refractivity contribution in [3.63, 3.8) is 0 Å². The summed E-state index contributed by atoms with van der Waals surface area (Å²) in [7, 11) is 0. The molecule has 0 spiro atoms. The molecule has 0 N–H and O–H groups in total. The molecule has 0 aliphatic carbocycles. The fraction of sp³-hybridized carbons (Fsp3) is 1.00. The third-order valence-electron chi connectivity index (χ3n) is 3.66. The summed E-state index contributed by atoms with van der Waals surface area (Å²) in [6, 6.07) is 0. The molecule has 0 saturated carbocycles. The molecule has 0 aromatic rings. The van der Waals surface area contributed by atoms with Gasteiger partial charge in [0, 0.05) is 0 Å². The van der Waals surface area contributed by atoms with E-state index in [1.165, 1.54) is 32.1 Å². The van der Waals surface area contributed by atoms with Gasteiger partial charge < -0.3 is 9.47 Å². The lowest BCUT2D eigenvalue weighted by molar-refractivity contribution is -0.201. The smallest absolute Gasteiger partial charge is 0.0916 e. The quantitative estimate of drug-likeness (QED) is 0.647. The second-order valence-corrected chi connectivity index (χ2v) is 4.90. The summed E-state index contributed by atoms with van der Waals surface area (Å²) in [5.74, 6) is 0. The molecule has 0 aromatic heterocycles. The zero-order valence-electron chi connectivity index (χ0n) is 9.42. The Kier molecular flexibility index (Phi) is 3.13. The predicted octanol–water partition coefficient (Wildman–Crippen LogP) is 2.90. The SMILES string of the molecule is CCCCCC1(C)OCC2CCC1O2. The molecule has 0 amide bonds. The van der Waals surface area contributed by atoms with Crippen molar-refractivity contribution in [1.82, 2.24) is 0 Å². The number of hydrogen-bond donors (Lipinski definition) is 0. The maximum Gasteiger partial charge on any atom is 0.0916 e. The monoisotopic (exact) mass is 198 g/mol. The summed E-state index contributed by atoms with van der Waals surface area (Å²) in [4.78, 5) is 0. The second kappa shape index (κ2) is 4.19. The molecule has 2 heteroatoms. The van der Waals surface area contributed by atoms with Gasteiger partial charge in [0.15, 0.2) is 0 Å². The Hall–Kier alpha value is -0.0800. The molecule has 2 bridgehead atoms. The largest absolute Gasteiger partial charge is 0.370 e. The highest BCUT2D eigenvalue weighted by molar-refractivity contribution is 4.94. The summed E-state index contributed by atoms with van der Waals surface area (Å²) in [6.45, 7) is 5.29. The van der Waals surface area contributed by atoms with E-state index < -0.39 is 0 Å². The van der Waals surface area contributed by atoms with Crippen LogP contribution in [0.15, 0.2) is 0 Å². The van der Waals surface area contributed by atoms with Gasteiger partial charge in [0.2, 0.25) is 0 Å². The van der Waals surface area contributed by atoms with E-state index in [1.54, 1.807) is 0 Å². The molecule has 2 aliphatic heterocycles. The third kappa shape index (κ3) is 1.96. The Morgan fingerprint density at radius 2 is 2.14 bits per heavy atom. The van der Waals surface area contributed by atoms with Gasteiger partial charge in [-0.25, -0.2) is 0 Å². The first-order valence-electron chi connectivity index (χ1n) is 6.04. The van der Waals surface area contributed by atoms with Crippen LogP contribution in [0.1, 0.15) is 52.4 Å². The molecule has 0 radical (unpaired) electrons. The Morgan fingerprint density at radius 3 is 2.93 bits per heavy atom. The average Bonchev–Trinajstić information content (AvgIpc) is 2.59. The minimum absolute atomic E-state index is 0.0160. The van der Waals surface area contributed by atoms with Crippen molar-refractivity contribution >= 4 is 0 Å². The van der Waals surface area contributed by atoms with Crippen LogP contribution in [0.2, 0.25) is 0 Å². The maximum atomic E-state index is 5.97. The summed E-state index contributed by atoms with van der Waals surface area (Å²) in [5.41, 5.74) is 0.0160. The number of unbranched alkanes of at least 4 members (excludes halogenated alkanes) is 2. The normalized spacial score (nSPS) is 41.6. The topological polar surface area (TPSA) is 18.5 Å². The molecule has 2 saturated heterocycles. The Labute approximate surface area is 87.0 Å². The molecule has 14 heavy (non-hydrogen) atoms. The summed E-state index contributed by atoms with van der Waals surface area (Å²) in [6.07, 6.45) is 8.22. The first kappa shape index (κ1) is 10.4. The van der Waals surface area contributed by atoms with Gasteiger partial charge in [0.1, 0.15) is 0 Å². The molecule has 2 heterocycles. The molecular weight excluding hydrogens is 176 g/mol. The van der Waals surface area contributed by atoms with Crippen molar-refractivity contribution in [1.29, 1.82) is 0 Å². The van der Waals surface area contributed by atoms with Crippen molar-refractivity contribution in [2.75, 3.05) is 6.61 Å². The molecule has 0 aromatic carbocycles. The van der Waals surface area contributed by atoms with E-state index in [0.717, 1.165) is 13.0 Å². The van der Waals surface area contributed by atoms with Crippen LogP contribution in [0.5, 0.6) is 0 Å². The lowest BCUT2D eigenvalue weighted by atomic mass is 9.90. The van der Waals surface area contributed by atoms with Gasteiger partial charge in [-0.05, 0) is 26.2 Å². The van der Waals surface area contributed by atoms with Crippen molar-refractivity contribution in [3.05, 3.63) is 0 Å². The van der Waals surface area contributed by atoms with Crippen molar-refractivity contribution in [2.24, 2.45) is 0 Å². The molecule has 82 valence electrons. The molecular formula is C12H22O2. The molecule has 3 unspecified atom stereocenters. The minimum Gasteiger partial charge on any atom is -0.370 e. The molecule has 2 fully saturated rings. The predicted molar refractivity (Wildman–Crippen MR) is 56.4 cm³/mol. The fourth-order valence-electron chi connectivity index (χ4n) is 2.61. The van der Waals surface area contributed by atoms with Crippen molar-refractivity contribution in [3.8, 4) is 0 Å². The van der Waals surface area contributed by atoms with Gasteiger partial charge in [-0.2, -0.15) is 0 Å². The van der Waals surface area contributed by atoms with E-state index >= 15 is 0 Å². The van der Waals surface area contributed by atoms with Gasteiger partial charge in [-0.15, -0.1) is 0 Å². The zero-order chi connectivity index (χ0) is 10.0. The minimum atomic E-state index is 0.0160. The summed E-state index contributed by atoms with van der Waals surface area (Å²) in [5, 5.41) is 0. The van der Waals surface area contributed by atoms with Crippen molar-refractivity contribution < 1.29 is 9.47 Å². The first-order valence-corrected chi connectivity index (χ1v) is 6.04. The van der Waals surface area contributed by atoms with Crippen LogP contribution < -0.4 is 0 Å². The van der Waals surface area contributed by atoms with Gasteiger partial charge in [-0.1, -0.05) is 26.2 Å². The fourth-order valence-corrected chi connectivity index (χ4v) is 2.61. The van der Waals surface area contributed by atoms with Crippen LogP contribution in [-0.2, 0) is 9.47 Å². The van der Waals surface area contributed by atoms with E-state index in [0.29, 0.717) is 12.2 Å². The molecule has 2 rings (SSSR count). The van der Waals surface area contributed by atoms with Crippen LogP contribution in [0.25, 0.3) is 0 Å². The maximum absolute atomic E-state index is 5.97. The highest BCUT2D eigenvalue weighted by Gasteiger charge is 2.45. The third-order valence-corrected chi connectivity index (χ3v) is 3.66. The van der Waals surface area contributed by atoms with E-state index in [2.05, 4.69) is 13.8 Å². The zero-order valence-corrected chi connectivity index (χ0v) is 9.42. The van der Waals surface area contributed by atoms with E-state index in [9.17, 15) is 0 Å². The molecule has 3 atom stereocenters. The standard InChI is InChI=1S/C12H22O2/c1-3-4-5-8-12(2)11-7-6-10(14-11)9-13-12/h10-11H,3-9H2,1-2H3. The average molecular weight is 198 g/mol. The Morgan fingerprint density at radius 1 is 1.29 bits per heavy atom. The lowest BCUT2D eigenvalue weighted by Crippen LogP contribution is -2.47. The lowest BCUT2D eigenvalue weighted by Gasteiger charge is -2.39. The van der Waals surface area contributed by atoms with Gasteiger partial charge in [0.05, 0.1) is 24.4 Å². The van der Waals surface area contributed by atoms with E-state index in [1.807, 2.05) is 0 Å². The first-order chi connectivity index (χ1) is 6.74. The summed E-state index contributed by atoms with van der Waals surface area (Å²) < 4.78 is 11.9. The Balaban J connectivity index is 1.87. The highest BCUT2D eigenvalue weighted by atomic mass is 16.6. The van der Waals surface area contributed by atoms with Crippen LogP contribution >= 0.6 is 0 Å². The summed E-state index contributed by atoms with van der Waals surface area (Å²) >= 11 is 0. The van der Waals surface area contributed by atoms with Gasteiger partial charge >= 0.3 is 0 Å². The molecule has 2 aliphatic rings. The highest BCUT2D eigenvalue weighted by Crippen LogP contribution is 2.38. The van der Waals surface area contributed by atoms with Crippen LogP contribution in [-0.4, -0.2) is 24.4 Å². The number of ether oxygens (including phenoxy) is 2. The second-order valence-electron chi connectivity index (χ2n) is 4.90. The van der Waals surface area contributed by atoms with Crippen LogP contribution in [0.3, 0.4) is 0 Å². The van der Waals surface area contributed by atoms with Crippen LogP contribution in [0, 0.1) is 0 Å². The number of rotatable bonds is 4.